The Balaban J connectivity index is 2.34. The fourth-order valence-corrected chi connectivity index (χ4v) is 1.70. The van der Waals surface area contributed by atoms with Crippen molar-refractivity contribution in [2.45, 2.75) is 6.18 Å². The third-order valence-electron chi connectivity index (χ3n) is 2.44. The highest BCUT2D eigenvalue weighted by molar-refractivity contribution is 7.80. The summed E-state index contributed by atoms with van der Waals surface area (Å²) in [6.07, 6.45) is -1.62. The zero-order valence-electron chi connectivity index (χ0n) is 10.0. The molecule has 2 aromatic rings. The minimum absolute atomic E-state index is 0.0327. The zero-order valence-corrected chi connectivity index (χ0v) is 10.8. The van der Waals surface area contributed by atoms with Gasteiger partial charge in [-0.25, -0.2) is 0 Å². The van der Waals surface area contributed by atoms with E-state index in [0.29, 0.717) is 5.56 Å². The first kappa shape index (κ1) is 14.3. The lowest BCUT2D eigenvalue weighted by molar-refractivity contribution is -0.137. The first-order valence-corrected chi connectivity index (χ1v) is 5.87. The number of halogens is 3. The molecule has 7 heteroatoms. The van der Waals surface area contributed by atoms with Gasteiger partial charge in [-0.05, 0) is 24.3 Å². The third-order valence-corrected chi connectivity index (χ3v) is 2.66. The highest BCUT2D eigenvalue weighted by atomic mass is 32.1. The van der Waals surface area contributed by atoms with Gasteiger partial charge in [0.1, 0.15) is 10.7 Å². The van der Waals surface area contributed by atoms with Gasteiger partial charge in [0.15, 0.2) is 5.75 Å². The molecule has 0 spiro atoms. The second kappa shape index (κ2) is 5.46. The van der Waals surface area contributed by atoms with Crippen LogP contribution in [0.3, 0.4) is 0 Å². The van der Waals surface area contributed by atoms with Gasteiger partial charge in [0.25, 0.3) is 0 Å². The van der Waals surface area contributed by atoms with Gasteiger partial charge in [0.2, 0.25) is 0 Å². The minimum atomic E-state index is -4.43. The molecular formula is C13H9F3N2OS. The molecule has 0 saturated carbocycles. The van der Waals surface area contributed by atoms with Crippen LogP contribution in [0, 0.1) is 0 Å². The van der Waals surface area contributed by atoms with Gasteiger partial charge in [-0.1, -0.05) is 18.3 Å². The number of benzene rings is 1. The van der Waals surface area contributed by atoms with Crippen LogP contribution in [0.1, 0.15) is 11.1 Å². The Morgan fingerprint density at radius 2 is 2.00 bits per heavy atom. The molecule has 0 aliphatic carbocycles. The standard InChI is InChI=1S/C13H9F3N2OS/c14-13(15,16)8-2-1-3-9(6-8)19-11-7-18-5-4-10(11)12(17)20/h1-7H,(H2,17,20). The summed E-state index contributed by atoms with van der Waals surface area (Å²) in [4.78, 5) is 3.91. The lowest BCUT2D eigenvalue weighted by Gasteiger charge is -2.11. The van der Waals surface area contributed by atoms with Crippen LogP contribution in [0.2, 0.25) is 0 Å². The number of ether oxygens (including phenoxy) is 1. The summed E-state index contributed by atoms with van der Waals surface area (Å²) in [6.45, 7) is 0. The predicted molar refractivity (Wildman–Crippen MR) is 71.6 cm³/mol. The Morgan fingerprint density at radius 1 is 1.25 bits per heavy atom. The number of hydrogen-bond donors (Lipinski definition) is 1. The second-order valence-electron chi connectivity index (χ2n) is 3.86. The lowest BCUT2D eigenvalue weighted by Crippen LogP contribution is -2.11. The molecule has 2 rings (SSSR count). The fourth-order valence-electron chi connectivity index (χ4n) is 1.53. The summed E-state index contributed by atoms with van der Waals surface area (Å²) in [5, 5.41) is 0. The van der Waals surface area contributed by atoms with Crippen molar-refractivity contribution >= 4 is 17.2 Å². The molecule has 0 aliphatic heterocycles. The smallest absolute Gasteiger partial charge is 0.416 e. The maximum Gasteiger partial charge on any atom is 0.416 e. The van der Waals surface area contributed by atoms with E-state index >= 15 is 0 Å². The molecule has 1 aromatic carbocycles. The van der Waals surface area contributed by atoms with E-state index in [0.717, 1.165) is 12.1 Å². The van der Waals surface area contributed by atoms with Gasteiger partial charge in [0.05, 0.1) is 17.3 Å². The number of nitrogens with two attached hydrogens (primary N) is 1. The molecule has 0 saturated heterocycles. The quantitative estimate of drug-likeness (QED) is 0.881. The number of pyridine rings is 1. The molecule has 0 amide bonds. The molecule has 0 unspecified atom stereocenters. The molecule has 104 valence electrons. The summed E-state index contributed by atoms with van der Waals surface area (Å²) in [5.41, 5.74) is 5.13. The average Bonchev–Trinajstić information content (AvgIpc) is 2.38. The molecule has 0 radical (unpaired) electrons. The number of hydrogen-bond acceptors (Lipinski definition) is 3. The molecule has 2 N–H and O–H groups in total. The molecule has 1 heterocycles. The minimum Gasteiger partial charge on any atom is -0.455 e. The van der Waals surface area contributed by atoms with Crippen LogP contribution >= 0.6 is 12.2 Å². The van der Waals surface area contributed by atoms with Crippen molar-refractivity contribution in [3.8, 4) is 11.5 Å². The maximum atomic E-state index is 12.6. The van der Waals surface area contributed by atoms with Crippen LogP contribution < -0.4 is 10.5 Å². The van der Waals surface area contributed by atoms with E-state index in [-0.39, 0.29) is 16.5 Å². The summed E-state index contributed by atoms with van der Waals surface area (Å²) in [7, 11) is 0. The van der Waals surface area contributed by atoms with Crippen molar-refractivity contribution in [2.24, 2.45) is 5.73 Å². The van der Waals surface area contributed by atoms with Crippen LogP contribution in [0.15, 0.2) is 42.7 Å². The van der Waals surface area contributed by atoms with Crippen LogP contribution in [0.5, 0.6) is 11.5 Å². The second-order valence-corrected chi connectivity index (χ2v) is 4.30. The molecule has 0 aliphatic rings. The van der Waals surface area contributed by atoms with Crippen molar-refractivity contribution < 1.29 is 17.9 Å². The van der Waals surface area contributed by atoms with E-state index < -0.39 is 11.7 Å². The van der Waals surface area contributed by atoms with E-state index in [2.05, 4.69) is 4.98 Å². The summed E-state index contributed by atoms with van der Waals surface area (Å²) < 4.78 is 43.2. The van der Waals surface area contributed by atoms with Crippen LogP contribution in [0.4, 0.5) is 13.2 Å². The number of nitrogens with zero attached hydrogens (tertiary/aromatic N) is 1. The molecule has 20 heavy (non-hydrogen) atoms. The average molecular weight is 298 g/mol. The van der Waals surface area contributed by atoms with Crippen molar-refractivity contribution in [3.05, 3.63) is 53.9 Å². The normalized spacial score (nSPS) is 11.2. The van der Waals surface area contributed by atoms with E-state index in [4.69, 9.17) is 22.7 Å². The van der Waals surface area contributed by atoms with E-state index in [1.165, 1.54) is 30.6 Å². The Bertz CT molecular complexity index is 644. The van der Waals surface area contributed by atoms with Gasteiger partial charge >= 0.3 is 6.18 Å². The molecule has 0 atom stereocenters. The van der Waals surface area contributed by atoms with E-state index in [1.54, 1.807) is 0 Å². The highest BCUT2D eigenvalue weighted by Gasteiger charge is 2.30. The number of alkyl halides is 3. The van der Waals surface area contributed by atoms with Gasteiger partial charge in [-0.2, -0.15) is 13.2 Å². The fraction of sp³-hybridized carbons (Fsp3) is 0.0769. The summed E-state index contributed by atoms with van der Waals surface area (Å²) in [6, 6.07) is 6.06. The molecule has 0 fully saturated rings. The van der Waals surface area contributed by atoms with Gasteiger partial charge in [0, 0.05) is 6.20 Å². The van der Waals surface area contributed by atoms with Gasteiger partial charge < -0.3 is 10.5 Å². The first-order chi connectivity index (χ1) is 9.38. The van der Waals surface area contributed by atoms with Gasteiger partial charge in [-0.15, -0.1) is 0 Å². The third kappa shape index (κ3) is 3.24. The molecule has 3 nitrogen and oxygen atoms in total. The van der Waals surface area contributed by atoms with E-state index in [9.17, 15) is 13.2 Å². The number of rotatable bonds is 3. The monoisotopic (exact) mass is 298 g/mol. The van der Waals surface area contributed by atoms with Crippen LogP contribution in [-0.4, -0.2) is 9.97 Å². The van der Waals surface area contributed by atoms with Crippen LogP contribution in [-0.2, 0) is 6.18 Å². The number of thiocarbonyl (C=S) groups is 1. The van der Waals surface area contributed by atoms with Crippen molar-refractivity contribution in [1.82, 2.24) is 4.98 Å². The largest absolute Gasteiger partial charge is 0.455 e. The molecular weight excluding hydrogens is 289 g/mol. The van der Waals surface area contributed by atoms with Gasteiger partial charge in [-0.3, -0.25) is 4.98 Å². The zero-order chi connectivity index (χ0) is 14.8. The Morgan fingerprint density at radius 3 is 2.65 bits per heavy atom. The van der Waals surface area contributed by atoms with Crippen molar-refractivity contribution in [2.75, 3.05) is 0 Å². The van der Waals surface area contributed by atoms with Crippen molar-refractivity contribution in [3.63, 3.8) is 0 Å². The van der Waals surface area contributed by atoms with Crippen molar-refractivity contribution in [1.29, 1.82) is 0 Å². The predicted octanol–water partition coefficient (Wildman–Crippen LogP) is 3.53. The summed E-state index contributed by atoms with van der Waals surface area (Å²) >= 11 is 4.84. The highest BCUT2D eigenvalue weighted by Crippen LogP contribution is 2.33. The lowest BCUT2D eigenvalue weighted by atomic mass is 10.2. The topological polar surface area (TPSA) is 48.1 Å². The molecule has 1 aromatic heterocycles. The van der Waals surface area contributed by atoms with Crippen LogP contribution in [0.25, 0.3) is 0 Å². The SMILES string of the molecule is NC(=S)c1ccncc1Oc1cccc(C(F)(F)F)c1. The first-order valence-electron chi connectivity index (χ1n) is 5.47. The summed E-state index contributed by atoms with van der Waals surface area (Å²) in [5.74, 6) is 0.240. The van der Waals surface area contributed by atoms with E-state index in [1.807, 2.05) is 0 Å². The Hall–Kier alpha value is -2.15. The Labute approximate surface area is 118 Å². The number of aromatic nitrogens is 1. The maximum absolute atomic E-state index is 12.6. The molecule has 0 bridgehead atoms. The Kier molecular flexibility index (Phi) is 3.89.